The molecule has 0 aliphatic heterocycles. The van der Waals surface area contributed by atoms with Crippen molar-refractivity contribution in [2.45, 2.75) is 32.2 Å². The van der Waals surface area contributed by atoms with E-state index in [2.05, 4.69) is 21.2 Å². The van der Waals surface area contributed by atoms with E-state index in [-0.39, 0.29) is 22.1 Å². The number of halogens is 1. The number of hydrogen-bond donors (Lipinski definition) is 1. The van der Waals surface area contributed by atoms with E-state index in [1.165, 1.54) is 18.6 Å². The highest BCUT2D eigenvalue weighted by molar-refractivity contribution is 9.10. The average molecular weight is 327 g/mol. The maximum absolute atomic E-state index is 12.1. The number of carbonyl (C=O) groups is 1. The monoisotopic (exact) mass is 326 g/mol. The minimum atomic E-state index is -0.504. The zero-order chi connectivity index (χ0) is 14.0. The number of nitro benzene ring substituents is 1. The number of amides is 1. The molecule has 5 nitrogen and oxygen atoms in total. The third-order valence-electron chi connectivity index (χ3n) is 3.64. The van der Waals surface area contributed by atoms with Crippen LogP contribution in [0.25, 0.3) is 0 Å². The van der Waals surface area contributed by atoms with Crippen LogP contribution in [0.15, 0.2) is 22.7 Å². The Morgan fingerprint density at radius 1 is 1.53 bits per heavy atom. The Labute approximate surface area is 119 Å². The van der Waals surface area contributed by atoms with E-state index >= 15 is 0 Å². The van der Waals surface area contributed by atoms with Gasteiger partial charge in [-0.15, -0.1) is 0 Å². The zero-order valence-electron chi connectivity index (χ0n) is 10.6. The van der Waals surface area contributed by atoms with Gasteiger partial charge in [0.1, 0.15) is 4.47 Å². The SMILES string of the molecule is CC(NC(=O)c1cccc([N+](=O)[O-])c1Br)C1CCC1. The first-order chi connectivity index (χ1) is 9.00. The van der Waals surface area contributed by atoms with Crippen molar-refractivity contribution in [1.29, 1.82) is 0 Å². The maximum atomic E-state index is 12.1. The number of nitrogens with one attached hydrogen (secondary N) is 1. The molecule has 0 spiro atoms. The molecule has 0 radical (unpaired) electrons. The molecule has 1 aromatic carbocycles. The van der Waals surface area contributed by atoms with Crippen LogP contribution in [-0.2, 0) is 0 Å². The van der Waals surface area contributed by atoms with Crippen LogP contribution in [0.5, 0.6) is 0 Å². The van der Waals surface area contributed by atoms with Gasteiger partial charge in [0, 0.05) is 12.1 Å². The molecule has 0 bridgehead atoms. The number of benzene rings is 1. The molecule has 1 amide bonds. The fourth-order valence-electron chi connectivity index (χ4n) is 2.18. The second-order valence-corrected chi connectivity index (χ2v) is 5.64. The highest BCUT2D eigenvalue weighted by Crippen LogP contribution is 2.31. The minimum absolute atomic E-state index is 0.0936. The molecule has 2 rings (SSSR count). The number of hydrogen-bond acceptors (Lipinski definition) is 3. The van der Waals surface area contributed by atoms with Gasteiger partial charge in [-0.2, -0.15) is 0 Å². The van der Waals surface area contributed by atoms with Gasteiger partial charge in [0.25, 0.3) is 11.6 Å². The van der Waals surface area contributed by atoms with Crippen molar-refractivity contribution < 1.29 is 9.72 Å². The normalized spacial score (nSPS) is 16.5. The Balaban J connectivity index is 2.14. The lowest BCUT2D eigenvalue weighted by atomic mass is 9.80. The van der Waals surface area contributed by atoms with Gasteiger partial charge in [0.05, 0.1) is 10.5 Å². The lowest BCUT2D eigenvalue weighted by Crippen LogP contribution is -2.40. The molecule has 0 heterocycles. The van der Waals surface area contributed by atoms with Crippen LogP contribution in [0.4, 0.5) is 5.69 Å². The summed E-state index contributed by atoms with van der Waals surface area (Å²) in [5.74, 6) is 0.261. The quantitative estimate of drug-likeness (QED) is 0.681. The smallest absolute Gasteiger partial charge is 0.284 e. The Morgan fingerprint density at radius 3 is 2.74 bits per heavy atom. The van der Waals surface area contributed by atoms with Crippen LogP contribution in [0.1, 0.15) is 36.5 Å². The molecule has 1 aliphatic carbocycles. The molecule has 1 atom stereocenters. The summed E-state index contributed by atoms with van der Waals surface area (Å²) in [4.78, 5) is 22.5. The molecule has 1 saturated carbocycles. The van der Waals surface area contributed by atoms with E-state index in [1.54, 1.807) is 6.07 Å². The first kappa shape index (κ1) is 14.0. The van der Waals surface area contributed by atoms with E-state index in [9.17, 15) is 14.9 Å². The second-order valence-electron chi connectivity index (χ2n) is 4.85. The molecule has 1 aromatic rings. The standard InChI is InChI=1S/C13H15BrN2O3/c1-8(9-4-2-5-9)15-13(17)10-6-3-7-11(12(10)14)16(18)19/h3,6-9H,2,4-5H2,1H3,(H,15,17). The largest absolute Gasteiger partial charge is 0.349 e. The average Bonchev–Trinajstić information content (AvgIpc) is 2.25. The van der Waals surface area contributed by atoms with Crippen molar-refractivity contribution in [1.82, 2.24) is 5.32 Å². The number of nitrogens with zero attached hydrogens (tertiary/aromatic N) is 1. The topological polar surface area (TPSA) is 72.2 Å². The molecule has 0 aromatic heterocycles. The van der Waals surface area contributed by atoms with Crippen LogP contribution < -0.4 is 5.32 Å². The van der Waals surface area contributed by atoms with Crippen molar-refractivity contribution >= 4 is 27.5 Å². The molecule has 1 fully saturated rings. The Bertz CT molecular complexity index is 515. The van der Waals surface area contributed by atoms with Gasteiger partial charge in [-0.05, 0) is 47.7 Å². The van der Waals surface area contributed by atoms with Crippen molar-refractivity contribution in [3.63, 3.8) is 0 Å². The van der Waals surface area contributed by atoms with Crippen molar-refractivity contribution in [2.24, 2.45) is 5.92 Å². The van der Waals surface area contributed by atoms with E-state index in [1.807, 2.05) is 6.92 Å². The maximum Gasteiger partial charge on any atom is 0.284 e. The first-order valence-corrected chi connectivity index (χ1v) is 7.03. The summed E-state index contributed by atoms with van der Waals surface area (Å²) in [6.07, 6.45) is 3.49. The van der Waals surface area contributed by atoms with Gasteiger partial charge in [-0.3, -0.25) is 14.9 Å². The summed E-state index contributed by atoms with van der Waals surface area (Å²) in [5.41, 5.74) is 0.212. The third kappa shape index (κ3) is 2.94. The molecular weight excluding hydrogens is 312 g/mol. The second kappa shape index (κ2) is 5.69. The fraction of sp³-hybridized carbons (Fsp3) is 0.462. The van der Waals surface area contributed by atoms with Crippen LogP contribution in [0, 0.1) is 16.0 Å². The molecule has 1 aliphatic rings. The molecule has 6 heteroatoms. The van der Waals surface area contributed by atoms with E-state index in [0.717, 1.165) is 12.8 Å². The lowest BCUT2D eigenvalue weighted by molar-refractivity contribution is -0.385. The molecule has 1 unspecified atom stereocenters. The van der Waals surface area contributed by atoms with Crippen LogP contribution in [0.3, 0.4) is 0 Å². The first-order valence-electron chi connectivity index (χ1n) is 6.24. The van der Waals surface area contributed by atoms with E-state index in [4.69, 9.17) is 0 Å². The van der Waals surface area contributed by atoms with Gasteiger partial charge >= 0.3 is 0 Å². The van der Waals surface area contributed by atoms with Gasteiger partial charge in [-0.25, -0.2) is 0 Å². The molecular formula is C13H15BrN2O3. The summed E-state index contributed by atoms with van der Waals surface area (Å²) in [6, 6.07) is 4.58. The van der Waals surface area contributed by atoms with Crippen LogP contribution >= 0.6 is 15.9 Å². The van der Waals surface area contributed by atoms with Crippen molar-refractivity contribution in [2.75, 3.05) is 0 Å². The predicted molar refractivity (Wildman–Crippen MR) is 75.1 cm³/mol. The number of nitro groups is 1. The molecule has 19 heavy (non-hydrogen) atoms. The highest BCUT2D eigenvalue weighted by atomic mass is 79.9. The molecule has 1 N–H and O–H groups in total. The summed E-state index contributed by atoms with van der Waals surface area (Å²) in [7, 11) is 0. The summed E-state index contributed by atoms with van der Waals surface area (Å²) in [5, 5.41) is 13.7. The molecule has 0 saturated heterocycles. The number of carbonyl (C=O) groups excluding carboxylic acids is 1. The summed E-state index contributed by atoms with van der Waals surface area (Å²) in [6.45, 7) is 1.98. The van der Waals surface area contributed by atoms with Gasteiger partial charge in [-0.1, -0.05) is 12.5 Å². The van der Waals surface area contributed by atoms with Crippen molar-refractivity contribution in [3.05, 3.63) is 38.3 Å². The van der Waals surface area contributed by atoms with E-state index < -0.39 is 4.92 Å². The summed E-state index contributed by atoms with van der Waals surface area (Å²) < 4.78 is 0.235. The molecule has 102 valence electrons. The van der Waals surface area contributed by atoms with Crippen molar-refractivity contribution in [3.8, 4) is 0 Å². The van der Waals surface area contributed by atoms with Gasteiger partial charge in [0.15, 0.2) is 0 Å². The fourth-order valence-corrected chi connectivity index (χ4v) is 2.77. The van der Waals surface area contributed by atoms with E-state index in [0.29, 0.717) is 11.5 Å². The van der Waals surface area contributed by atoms with Crippen LogP contribution in [-0.4, -0.2) is 16.9 Å². The minimum Gasteiger partial charge on any atom is -0.349 e. The zero-order valence-corrected chi connectivity index (χ0v) is 12.1. The third-order valence-corrected chi connectivity index (χ3v) is 4.47. The lowest BCUT2D eigenvalue weighted by Gasteiger charge is -2.31. The van der Waals surface area contributed by atoms with Crippen LogP contribution in [0.2, 0.25) is 0 Å². The Hall–Kier alpha value is -1.43. The summed E-state index contributed by atoms with van der Waals surface area (Å²) >= 11 is 3.14. The Kier molecular flexibility index (Phi) is 4.19. The van der Waals surface area contributed by atoms with Gasteiger partial charge < -0.3 is 5.32 Å². The predicted octanol–water partition coefficient (Wildman–Crippen LogP) is 3.28. The van der Waals surface area contributed by atoms with Gasteiger partial charge in [0.2, 0.25) is 0 Å². The highest BCUT2D eigenvalue weighted by Gasteiger charge is 2.26. The number of rotatable bonds is 4. The Morgan fingerprint density at radius 2 is 2.21 bits per heavy atom.